The number of aliphatic imine (C=N–C) groups is 1. The molecule has 0 bridgehead atoms. The molecular formula is C17H33IN4O2. The summed E-state index contributed by atoms with van der Waals surface area (Å²) in [5.74, 6) is 1.54. The predicted octanol–water partition coefficient (Wildman–Crippen LogP) is 3.10. The van der Waals surface area contributed by atoms with E-state index in [1.54, 1.807) is 0 Å². The summed E-state index contributed by atoms with van der Waals surface area (Å²) in [6.45, 7) is 10.7. The number of nitrogens with one attached hydrogen (secondary N) is 2. The minimum Gasteiger partial charge on any atom is -0.396 e. The number of rotatable bonds is 10. The Kier molecular flexibility index (Phi) is 12.1. The molecule has 0 amide bonds. The molecule has 1 aromatic heterocycles. The molecule has 1 aromatic rings. The lowest BCUT2D eigenvalue weighted by Crippen LogP contribution is -2.43. The first-order chi connectivity index (χ1) is 11.1. The van der Waals surface area contributed by atoms with Crippen LogP contribution in [0.3, 0.4) is 0 Å². The van der Waals surface area contributed by atoms with Gasteiger partial charge in [-0.25, -0.2) is 4.99 Å². The molecule has 0 fully saturated rings. The normalized spacial score (nSPS) is 12.0. The van der Waals surface area contributed by atoms with Gasteiger partial charge in [0.2, 0.25) is 0 Å². The topological polar surface area (TPSA) is 82.7 Å². The lowest BCUT2D eigenvalue weighted by molar-refractivity contribution is 0.169. The van der Waals surface area contributed by atoms with E-state index in [1.165, 1.54) is 0 Å². The largest absolute Gasteiger partial charge is 0.396 e. The van der Waals surface area contributed by atoms with Crippen molar-refractivity contribution in [2.24, 2.45) is 10.4 Å². The van der Waals surface area contributed by atoms with Gasteiger partial charge in [0.15, 0.2) is 11.7 Å². The van der Waals surface area contributed by atoms with Crippen molar-refractivity contribution in [3.8, 4) is 0 Å². The molecule has 0 aliphatic carbocycles. The molecule has 0 saturated heterocycles. The van der Waals surface area contributed by atoms with Gasteiger partial charge >= 0.3 is 0 Å². The molecule has 0 aliphatic rings. The molecule has 6 nitrogen and oxygen atoms in total. The molecule has 7 heteroatoms. The Morgan fingerprint density at radius 1 is 1.25 bits per heavy atom. The Hall–Kier alpha value is -0.830. The standard InChI is InChI=1S/C17H32N4O2.HI/c1-5-14-11-15(23-21-14)12-19-16(18-8-4)20-13-17(6-2,7-3)9-10-22;/h11,22H,5-10,12-13H2,1-4H3,(H2,18,19,20);1H. The molecule has 0 spiro atoms. The number of halogens is 1. The summed E-state index contributed by atoms with van der Waals surface area (Å²) in [5.41, 5.74) is 1.05. The highest BCUT2D eigenvalue weighted by Crippen LogP contribution is 2.29. The smallest absolute Gasteiger partial charge is 0.191 e. The van der Waals surface area contributed by atoms with E-state index in [0.717, 1.165) is 56.2 Å². The highest BCUT2D eigenvalue weighted by atomic mass is 127. The van der Waals surface area contributed by atoms with Crippen LogP contribution < -0.4 is 10.6 Å². The molecule has 0 aliphatic heterocycles. The lowest BCUT2D eigenvalue weighted by Gasteiger charge is -2.32. The van der Waals surface area contributed by atoms with Gasteiger partial charge in [-0.15, -0.1) is 24.0 Å². The van der Waals surface area contributed by atoms with E-state index in [4.69, 9.17) is 4.52 Å². The molecule has 1 rings (SSSR count). The SMILES string of the molecule is CCNC(=NCc1cc(CC)no1)NCC(CC)(CC)CCO.I. The van der Waals surface area contributed by atoms with E-state index < -0.39 is 0 Å². The molecule has 140 valence electrons. The van der Waals surface area contributed by atoms with Crippen molar-refractivity contribution in [3.05, 3.63) is 17.5 Å². The molecule has 3 N–H and O–H groups in total. The van der Waals surface area contributed by atoms with Crippen LogP contribution in [0.15, 0.2) is 15.6 Å². The monoisotopic (exact) mass is 452 g/mol. The number of hydrogen-bond donors (Lipinski definition) is 3. The van der Waals surface area contributed by atoms with Crippen LogP contribution in [0.25, 0.3) is 0 Å². The van der Waals surface area contributed by atoms with Crippen LogP contribution in [0.2, 0.25) is 0 Å². The third kappa shape index (κ3) is 7.38. The summed E-state index contributed by atoms with van der Waals surface area (Å²) in [7, 11) is 0. The van der Waals surface area contributed by atoms with E-state index in [2.05, 4.69) is 34.6 Å². The Labute approximate surface area is 162 Å². The van der Waals surface area contributed by atoms with Crippen LogP contribution in [-0.2, 0) is 13.0 Å². The molecule has 0 radical (unpaired) electrons. The maximum absolute atomic E-state index is 9.32. The summed E-state index contributed by atoms with van der Waals surface area (Å²) in [5, 5.41) is 20.0. The van der Waals surface area contributed by atoms with Gasteiger partial charge in [0.05, 0.1) is 5.69 Å². The predicted molar refractivity (Wildman–Crippen MR) is 109 cm³/mol. The van der Waals surface area contributed by atoms with Crippen molar-refractivity contribution < 1.29 is 9.63 Å². The number of aliphatic hydroxyl groups excluding tert-OH is 1. The van der Waals surface area contributed by atoms with E-state index >= 15 is 0 Å². The van der Waals surface area contributed by atoms with Gasteiger partial charge in [-0.2, -0.15) is 0 Å². The number of aryl methyl sites for hydroxylation is 1. The fraction of sp³-hybridized carbons (Fsp3) is 0.765. The zero-order chi connectivity index (χ0) is 17.1. The van der Waals surface area contributed by atoms with Gasteiger partial charge in [0.25, 0.3) is 0 Å². The molecular weight excluding hydrogens is 419 g/mol. The summed E-state index contributed by atoms with van der Waals surface area (Å²) in [6.07, 6.45) is 3.72. The van der Waals surface area contributed by atoms with Gasteiger partial charge in [-0.3, -0.25) is 0 Å². The molecule has 0 saturated carbocycles. The van der Waals surface area contributed by atoms with E-state index in [-0.39, 0.29) is 36.0 Å². The summed E-state index contributed by atoms with van der Waals surface area (Å²) in [6, 6.07) is 1.95. The highest BCUT2D eigenvalue weighted by Gasteiger charge is 2.25. The Bertz CT molecular complexity index is 473. The van der Waals surface area contributed by atoms with E-state index in [1.807, 2.05) is 19.9 Å². The quantitative estimate of drug-likeness (QED) is 0.289. The third-order valence-electron chi connectivity index (χ3n) is 4.48. The van der Waals surface area contributed by atoms with Crippen LogP contribution in [0, 0.1) is 5.41 Å². The second kappa shape index (κ2) is 12.5. The molecule has 1 heterocycles. The Balaban J connectivity index is 0.00000529. The van der Waals surface area contributed by atoms with Gasteiger partial charge in [0, 0.05) is 25.8 Å². The number of nitrogens with zero attached hydrogens (tertiary/aromatic N) is 2. The molecule has 0 unspecified atom stereocenters. The van der Waals surface area contributed by atoms with Crippen molar-refractivity contribution >= 4 is 29.9 Å². The molecule has 0 atom stereocenters. The first-order valence-electron chi connectivity index (χ1n) is 8.70. The van der Waals surface area contributed by atoms with Crippen molar-refractivity contribution in [1.82, 2.24) is 15.8 Å². The number of aromatic nitrogens is 1. The first-order valence-corrected chi connectivity index (χ1v) is 8.70. The number of aliphatic hydroxyl groups is 1. The van der Waals surface area contributed by atoms with Gasteiger partial charge < -0.3 is 20.3 Å². The van der Waals surface area contributed by atoms with E-state index in [0.29, 0.717) is 6.54 Å². The van der Waals surface area contributed by atoms with Crippen LogP contribution in [-0.4, -0.2) is 35.9 Å². The average Bonchev–Trinajstić information content (AvgIpc) is 3.04. The summed E-state index contributed by atoms with van der Waals surface area (Å²) >= 11 is 0. The molecule has 0 aromatic carbocycles. The minimum absolute atomic E-state index is 0. The van der Waals surface area contributed by atoms with Crippen molar-refractivity contribution in [1.29, 1.82) is 0 Å². The maximum Gasteiger partial charge on any atom is 0.191 e. The van der Waals surface area contributed by atoms with E-state index in [9.17, 15) is 5.11 Å². The van der Waals surface area contributed by atoms with Gasteiger partial charge in [-0.05, 0) is 38.0 Å². The van der Waals surface area contributed by atoms with Crippen molar-refractivity contribution in [2.45, 2.75) is 59.9 Å². The fourth-order valence-electron chi connectivity index (χ4n) is 2.55. The van der Waals surface area contributed by atoms with Crippen LogP contribution >= 0.6 is 24.0 Å². The second-order valence-electron chi connectivity index (χ2n) is 5.87. The highest BCUT2D eigenvalue weighted by molar-refractivity contribution is 14.0. The maximum atomic E-state index is 9.32. The third-order valence-corrected chi connectivity index (χ3v) is 4.48. The van der Waals surface area contributed by atoms with Gasteiger partial charge in [-0.1, -0.05) is 25.9 Å². The summed E-state index contributed by atoms with van der Waals surface area (Å²) < 4.78 is 5.26. The van der Waals surface area contributed by atoms with Crippen LogP contribution in [0.1, 0.15) is 58.4 Å². The number of guanidine groups is 1. The van der Waals surface area contributed by atoms with Crippen LogP contribution in [0.5, 0.6) is 0 Å². The second-order valence-corrected chi connectivity index (χ2v) is 5.87. The lowest BCUT2D eigenvalue weighted by atomic mass is 9.79. The molecule has 24 heavy (non-hydrogen) atoms. The van der Waals surface area contributed by atoms with Crippen molar-refractivity contribution in [3.63, 3.8) is 0 Å². The van der Waals surface area contributed by atoms with Gasteiger partial charge in [0.1, 0.15) is 6.54 Å². The zero-order valence-corrected chi connectivity index (χ0v) is 17.7. The van der Waals surface area contributed by atoms with Crippen LogP contribution in [0.4, 0.5) is 0 Å². The average molecular weight is 452 g/mol. The minimum atomic E-state index is 0. The Morgan fingerprint density at radius 3 is 2.46 bits per heavy atom. The Morgan fingerprint density at radius 2 is 1.96 bits per heavy atom. The summed E-state index contributed by atoms with van der Waals surface area (Å²) in [4.78, 5) is 4.56. The zero-order valence-electron chi connectivity index (χ0n) is 15.4. The first kappa shape index (κ1) is 23.2. The number of hydrogen-bond acceptors (Lipinski definition) is 4. The van der Waals surface area contributed by atoms with Crippen molar-refractivity contribution in [2.75, 3.05) is 19.7 Å². The fourth-order valence-corrected chi connectivity index (χ4v) is 2.55.